The third-order valence-electron chi connectivity index (χ3n) is 3.73. The van der Waals surface area contributed by atoms with Gasteiger partial charge in [0.2, 0.25) is 0 Å². The van der Waals surface area contributed by atoms with Crippen molar-refractivity contribution in [2.75, 3.05) is 39.4 Å². The Hall–Kier alpha value is -1.04. The van der Waals surface area contributed by atoms with E-state index in [1.807, 2.05) is 6.92 Å². The molecule has 0 aliphatic carbocycles. The van der Waals surface area contributed by atoms with Crippen LogP contribution in [0.25, 0.3) is 0 Å². The summed E-state index contributed by atoms with van der Waals surface area (Å²) in [5.74, 6) is -0.710. The number of ether oxygens (including phenoxy) is 1. The smallest absolute Gasteiger partial charge is 0.128 e. The van der Waals surface area contributed by atoms with Crippen LogP contribution in [-0.4, -0.2) is 44.3 Å². The molecule has 1 N–H and O–H groups in total. The van der Waals surface area contributed by atoms with Crippen LogP contribution in [0.15, 0.2) is 12.1 Å². The first kappa shape index (κ1) is 15.4. The van der Waals surface area contributed by atoms with E-state index in [1.165, 1.54) is 12.1 Å². The van der Waals surface area contributed by atoms with Crippen LogP contribution in [0.1, 0.15) is 24.1 Å². The zero-order valence-corrected chi connectivity index (χ0v) is 12.1. The Bertz CT molecular complexity index is 448. The highest BCUT2D eigenvalue weighted by Crippen LogP contribution is 2.20. The van der Waals surface area contributed by atoms with Gasteiger partial charge in [-0.25, -0.2) is 8.78 Å². The van der Waals surface area contributed by atoms with Crippen LogP contribution >= 0.6 is 0 Å². The van der Waals surface area contributed by atoms with E-state index in [-0.39, 0.29) is 17.7 Å². The SMILES string of the molecule is Cc1cc(F)c(C(C)NCCN2CCOCC2)cc1F. The molecule has 0 amide bonds. The van der Waals surface area contributed by atoms with Gasteiger partial charge in [-0.1, -0.05) is 0 Å². The van der Waals surface area contributed by atoms with Gasteiger partial charge in [0.1, 0.15) is 11.6 Å². The van der Waals surface area contributed by atoms with Crippen molar-refractivity contribution in [3.05, 3.63) is 34.9 Å². The maximum absolute atomic E-state index is 13.8. The Morgan fingerprint density at radius 3 is 2.65 bits per heavy atom. The fraction of sp³-hybridized carbons (Fsp3) is 0.600. The van der Waals surface area contributed by atoms with E-state index in [9.17, 15) is 8.78 Å². The third kappa shape index (κ3) is 3.98. The van der Waals surface area contributed by atoms with E-state index < -0.39 is 0 Å². The fourth-order valence-electron chi connectivity index (χ4n) is 2.37. The molecule has 0 bridgehead atoms. The molecule has 112 valence electrons. The monoisotopic (exact) mass is 284 g/mol. The quantitative estimate of drug-likeness (QED) is 0.897. The number of halogens is 2. The van der Waals surface area contributed by atoms with Crippen molar-refractivity contribution in [2.24, 2.45) is 0 Å². The Balaban J connectivity index is 1.85. The van der Waals surface area contributed by atoms with Crippen molar-refractivity contribution in [2.45, 2.75) is 19.9 Å². The maximum atomic E-state index is 13.8. The van der Waals surface area contributed by atoms with E-state index >= 15 is 0 Å². The minimum absolute atomic E-state index is 0.203. The lowest BCUT2D eigenvalue weighted by Gasteiger charge is -2.27. The lowest BCUT2D eigenvalue weighted by molar-refractivity contribution is 0.0382. The van der Waals surface area contributed by atoms with Gasteiger partial charge in [-0.05, 0) is 31.5 Å². The number of rotatable bonds is 5. The van der Waals surface area contributed by atoms with E-state index in [1.54, 1.807) is 6.92 Å². The average Bonchev–Trinajstić information content (AvgIpc) is 2.44. The molecular weight excluding hydrogens is 262 g/mol. The molecule has 2 rings (SSSR count). The number of nitrogens with zero attached hydrogens (tertiary/aromatic N) is 1. The van der Waals surface area contributed by atoms with Gasteiger partial charge in [-0.2, -0.15) is 0 Å². The topological polar surface area (TPSA) is 24.5 Å². The molecular formula is C15H22F2N2O. The zero-order valence-electron chi connectivity index (χ0n) is 12.1. The number of aryl methyl sites for hydroxylation is 1. The Kier molecular flexibility index (Phi) is 5.46. The molecule has 1 aromatic carbocycles. The van der Waals surface area contributed by atoms with Crippen LogP contribution in [0, 0.1) is 18.6 Å². The molecule has 20 heavy (non-hydrogen) atoms. The van der Waals surface area contributed by atoms with Gasteiger partial charge in [0, 0.05) is 37.8 Å². The highest BCUT2D eigenvalue weighted by Gasteiger charge is 2.14. The number of morpholine rings is 1. The minimum atomic E-state index is -0.358. The van der Waals surface area contributed by atoms with Crippen molar-refractivity contribution in [3.8, 4) is 0 Å². The van der Waals surface area contributed by atoms with Crippen LogP contribution in [0.3, 0.4) is 0 Å². The van der Waals surface area contributed by atoms with Crippen LogP contribution in [0.5, 0.6) is 0 Å². The van der Waals surface area contributed by atoms with Crippen LogP contribution in [0.4, 0.5) is 8.78 Å². The first-order valence-corrected chi connectivity index (χ1v) is 7.07. The molecule has 0 aromatic heterocycles. The zero-order chi connectivity index (χ0) is 14.5. The molecule has 1 saturated heterocycles. The second-order valence-corrected chi connectivity index (χ2v) is 5.25. The number of benzene rings is 1. The van der Waals surface area contributed by atoms with Gasteiger partial charge in [0.05, 0.1) is 13.2 Å². The molecule has 3 nitrogen and oxygen atoms in total. The summed E-state index contributed by atoms with van der Waals surface area (Å²) in [6.45, 7) is 8.47. The molecule has 1 unspecified atom stereocenters. The molecule has 1 heterocycles. The van der Waals surface area contributed by atoms with Crippen molar-refractivity contribution >= 4 is 0 Å². The summed E-state index contributed by atoms with van der Waals surface area (Å²) in [5, 5.41) is 3.24. The highest BCUT2D eigenvalue weighted by molar-refractivity contribution is 5.27. The van der Waals surface area contributed by atoms with Crippen molar-refractivity contribution in [1.29, 1.82) is 0 Å². The van der Waals surface area contributed by atoms with Gasteiger partial charge in [0.25, 0.3) is 0 Å². The van der Waals surface area contributed by atoms with Gasteiger partial charge in [0.15, 0.2) is 0 Å². The minimum Gasteiger partial charge on any atom is -0.379 e. The molecule has 0 saturated carbocycles. The Labute approximate surface area is 118 Å². The Morgan fingerprint density at radius 2 is 1.95 bits per heavy atom. The third-order valence-corrected chi connectivity index (χ3v) is 3.73. The maximum Gasteiger partial charge on any atom is 0.128 e. The normalized spacial score (nSPS) is 18.2. The highest BCUT2D eigenvalue weighted by atomic mass is 19.1. The molecule has 0 radical (unpaired) electrons. The van der Waals surface area contributed by atoms with E-state index in [0.717, 1.165) is 39.4 Å². The lowest BCUT2D eigenvalue weighted by Crippen LogP contribution is -2.40. The van der Waals surface area contributed by atoms with Gasteiger partial charge in [-0.3, -0.25) is 4.90 Å². The van der Waals surface area contributed by atoms with Gasteiger partial charge >= 0.3 is 0 Å². The molecule has 1 aliphatic rings. The summed E-state index contributed by atoms with van der Waals surface area (Å²) in [4.78, 5) is 2.30. The summed E-state index contributed by atoms with van der Waals surface area (Å²) >= 11 is 0. The van der Waals surface area contributed by atoms with Crippen LogP contribution in [0.2, 0.25) is 0 Å². The molecule has 1 fully saturated rings. The molecule has 1 atom stereocenters. The number of hydrogen-bond acceptors (Lipinski definition) is 3. The molecule has 1 aliphatic heterocycles. The summed E-state index contributed by atoms with van der Waals surface area (Å²) in [6, 6.07) is 2.34. The summed E-state index contributed by atoms with van der Waals surface area (Å²) in [7, 11) is 0. The van der Waals surface area contributed by atoms with Gasteiger partial charge in [-0.15, -0.1) is 0 Å². The van der Waals surface area contributed by atoms with Crippen molar-refractivity contribution in [1.82, 2.24) is 10.2 Å². The average molecular weight is 284 g/mol. The van der Waals surface area contributed by atoms with Crippen molar-refractivity contribution < 1.29 is 13.5 Å². The van der Waals surface area contributed by atoms with E-state index in [4.69, 9.17) is 4.74 Å². The lowest BCUT2D eigenvalue weighted by atomic mass is 10.1. The molecule has 0 spiro atoms. The molecule has 1 aromatic rings. The van der Waals surface area contributed by atoms with Crippen LogP contribution < -0.4 is 5.32 Å². The fourth-order valence-corrected chi connectivity index (χ4v) is 2.37. The number of nitrogens with one attached hydrogen (secondary N) is 1. The second-order valence-electron chi connectivity index (χ2n) is 5.25. The van der Waals surface area contributed by atoms with Crippen LogP contribution in [-0.2, 0) is 4.74 Å². The first-order valence-electron chi connectivity index (χ1n) is 7.07. The summed E-state index contributed by atoms with van der Waals surface area (Å²) < 4.78 is 32.6. The largest absolute Gasteiger partial charge is 0.379 e. The molecule has 5 heteroatoms. The van der Waals surface area contributed by atoms with E-state index in [2.05, 4.69) is 10.2 Å². The standard InChI is InChI=1S/C15H22F2N2O/c1-11-9-15(17)13(10-14(11)16)12(2)18-3-4-19-5-7-20-8-6-19/h9-10,12,18H,3-8H2,1-2H3. The predicted octanol–water partition coefficient (Wildman–Crippen LogP) is 2.26. The predicted molar refractivity (Wildman–Crippen MR) is 74.8 cm³/mol. The van der Waals surface area contributed by atoms with Crippen molar-refractivity contribution in [3.63, 3.8) is 0 Å². The second kappa shape index (κ2) is 7.11. The summed E-state index contributed by atoms with van der Waals surface area (Å²) in [6.07, 6.45) is 0. The summed E-state index contributed by atoms with van der Waals surface area (Å²) in [5.41, 5.74) is 0.724. The van der Waals surface area contributed by atoms with Gasteiger partial charge < -0.3 is 10.1 Å². The van der Waals surface area contributed by atoms with E-state index in [0.29, 0.717) is 11.1 Å². The Morgan fingerprint density at radius 1 is 1.25 bits per heavy atom. The first-order chi connectivity index (χ1) is 9.58. The number of hydrogen-bond donors (Lipinski definition) is 1.